The maximum atomic E-state index is 5.55. The van der Waals surface area contributed by atoms with Crippen LogP contribution < -0.4 is 10.6 Å². The van der Waals surface area contributed by atoms with Gasteiger partial charge in [0.2, 0.25) is 0 Å². The number of rotatable bonds is 1. The summed E-state index contributed by atoms with van der Waals surface area (Å²) in [5, 5.41) is 1.99. The maximum absolute atomic E-state index is 5.55. The van der Waals surface area contributed by atoms with Gasteiger partial charge < -0.3 is 4.42 Å². The summed E-state index contributed by atoms with van der Waals surface area (Å²) in [6.45, 7) is 7.58. The molecular weight excluding hydrogens is 160 g/mol. The molecule has 13 heavy (non-hydrogen) atoms. The zero-order valence-corrected chi connectivity index (χ0v) is 7.29. The van der Waals surface area contributed by atoms with E-state index in [4.69, 9.17) is 4.42 Å². The average molecular weight is 170 g/mol. The minimum absolute atomic E-state index is 0.788. The first-order valence-corrected chi connectivity index (χ1v) is 4.12. The van der Waals surface area contributed by atoms with E-state index < -0.39 is 0 Å². The second-order valence-corrected chi connectivity index (χ2v) is 2.84. The second-order valence-electron chi connectivity index (χ2n) is 2.84. The standard InChI is InChI=1S/C12H10O/c1-3-6-11-9(2)10-7-4-5-8-12(10)13-11/h3-8H,1-2H2/b11-6+. The highest BCUT2D eigenvalue weighted by Crippen LogP contribution is 2.05. The van der Waals surface area contributed by atoms with Gasteiger partial charge in [0.1, 0.15) is 11.0 Å². The zero-order chi connectivity index (χ0) is 9.26. The molecule has 1 aromatic heterocycles. The van der Waals surface area contributed by atoms with Gasteiger partial charge in [-0.1, -0.05) is 37.4 Å². The minimum atomic E-state index is 0.788. The van der Waals surface area contributed by atoms with E-state index in [2.05, 4.69) is 13.2 Å². The van der Waals surface area contributed by atoms with Gasteiger partial charge in [-0.2, -0.15) is 0 Å². The summed E-state index contributed by atoms with van der Waals surface area (Å²) < 4.78 is 5.55. The molecule has 64 valence electrons. The van der Waals surface area contributed by atoms with Crippen LogP contribution in [0.5, 0.6) is 0 Å². The molecule has 0 saturated carbocycles. The van der Waals surface area contributed by atoms with Gasteiger partial charge in [0.05, 0.1) is 0 Å². The van der Waals surface area contributed by atoms with Crippen molar-refractivity contribution < 1.29 is 4.42 Å². The lowest BCUT2D eigenvalue weighted by molar-refractivity contribution is 0.576. The first-order valence-electron chi connectivity index (χ1n) is 4.12. The largest absolute Gasteiger partial charge is 0.456 e. The summed E-state index contributed by atoms with van der Waals surface area (Å²) in [4.78, 5) is 0. The summed E-state index contributed by atoms with van der Waals surface area (Å²) in [5.41, 5.74) is 1.66. The van der Waals surface area contributed by atoms with Gasteiger partial charge in [-0.3, -0.25) is 0 Å². The second kappa shape index (κ2) is 2.94. The van der Waals surface area contributed by atoms with Gasteiger partial charge in [0.15, 0.2) is 0 Å². The van der Waals surface area contributed by atoms with Crippen molar-refractivity contribution in [2.75, 3.05) is 0 Å². The summed E-state index contributed by atoms with van der Waals surface area (Å²) in [6.07, 6.45) is 3.52. The third-order valence-corrected chi connectivity index (χ3v) is 2.00. The number of fused-ring (bicyclic) bond motifs is 1. The fourth-order valence-corrected chi connectivity index (χ4v) is 1.36. The molecule has 1 heterocycles. The van der Waals surface area contributed by atoms with Crippen molar-refractivity contribution in [1.82, 2.24) is 0 Å². The molecule has 0 unspecified atom stereocenters. The van der Waals surface area contributed by atoms with Crippen LogP contribution in [0.4, 0.5) is 0 Å². The summed E-state index contributed by atoms with van der Waals surface area (Å²) in [7, 11) is 0. The van der Waals surface area contributed by atoms with E-state index in [1.54, 1.807) is 6.08 Å². The Morgan fingerprint density at radius 1 is 1.23 bits per heavy atom. The lowest BCUT2D eigenvalue weighted by atomic mass is 10.2. The maximum Gasteiger partial charge on any atom is 0.135 e. The Kier molecular flexibility index (Phi) is 1.78. The Hall–Kier alpha value is -1.76. The quantitative estimate of drug-likeness (QED) is 0.636. The van der Waals surface area contributed by atoms with Gasteiger partial charge in [0.25, 0.3) is 0 Å². The molecule has 2 aromatic rings. The summed E-state index contributed by atoms with van der Waals surface area (Å²) >= 11 is 0. The molecule has 0 N–H and O–H groups in total. The molecule has 0 aliphatic heterocycles. The lowest BCUT2D eigenvalue weighted by Crippen LogP contribution is -2.17. The van der Waals surface area contributed by atoms with Crippen molar-refractivity contribution in [3.05, 3.63) is 47.6 Å². The first-order chi connectivity index (χ1) is 6.33. The molecule has 1 heteroatoms. The zero-order valence-electron chi connectivity index (χ0n) is 7.29. The normalized spacial score (nSPS) is 12.2. The molecule has 0 bridgehead atoms. The van der Waals surface area contributed by atoms with E-state index >= 15 is 0 Å². The number of benzene rings is 1. The van der Waals surface area contributed by atoms with Gasteiger partial charge in [0, 0.05) is 10.6 Å². The average Bonchev–Trinajstić information content (AvgIpc) is 2.46. The monoisotopic (exact) mass is 170 g/mol. The molecular formula is C12H10O. The fraction of sp³-hybridized carbons (Fsp3) is 0. The van der Waals surface area contributed by atoms with Crippen molar-refractivity contribution in [2.24, 2.45) is 0 Å². The molecule has 0 amide bonds. The van der Waals surface area contributed by atoms with Crippen LogP contribution in [-0.2, 0) is 0 Å². The Morgan fingerprint density at radius 2 is 2.00 bits per heavy atom. The van der Waals surface area contributed by atoms with E-state index in [1.807, 2.05) is 30.3 Å². The smallest absolute Gasteiger partial charge is 0.135 e. The third-order valence-electron chi connectivity index (χ3n) is 2.00. The Labute approximate surface area is 76.3 Å². The van der Waals surface area contributed by atoms with E-state index in [0.29, 0.717) is 0 Å². The number of furan rings is 1. The van der Waals surface area contributed by atoms with E-state index in [0.717, 1.165) is 21.6 Å². The SMILES string of the molecule is C=C/C=c1/oc2ccccc2c1=C. The topological polar surface area (TPSA) is 13.1 Å². The number of hydrogen-bond acceptors (Lipinski definition) is 1. The number of hydrogen-bond donors (Lipinski definition) is 0. The molecule has 2 rings (SSSR count). The Morgan fingerprint density at radius 3 is 2.69 bits per heavy atom. The highest BCUT2D eigenvalue weighted by atomic mass is 16.3. The van der Waals surface area contributed by atoms with Crippen LogP contribution in [0.3, 0.4) is 0 Å². The molecule has 0 radical (unpaired) electrons. The van der Waals surface area contributed by atoms with Crippen LogP contribution in [0.25, 0.3) is 23.6 Å². The Bertz CT molecular complexity index is 546. The predicted molar refractivity (Wildman–Crippen MR) is 55.6 cm³/mol. The number of allylic oxidation sites excluding steroid dienone is 1. The summed E-state index contributed by atoms with van der Waals surface area (Å²) in [5.74, 6) is 0. The van der Waals surface area contributed by atoms with Crippen molar-refractivity contribution in [3.8, 4) is 0 Å². The fourth-order valence-electron chi connectivity index (χ4n) is 1.36. The van der Waals surface area contributed by atoms with Gasteiger partial charge in [-0.15, -0.1) is 0 Å². The molecule has 1 aromatic carbocycles. The van der Waals surface area contributed by atoms with Crippen LogP contribution in [0.1, 0.15) is 0 Å². The number of para-hydroxylation sites is 1. The van der Waals surface area contributed by atoms with Crippen LogP contribution >= 0.6 is 0 Å². The van der Waals surface area contributed by atoms with E-state index in [1.165, 1.54) is 0 Å². The molecule has 0 aliphatic rings. The highest BCUT2D eigenvalue weighted by Gasteiger charge is 1.97. The molecule has 0 fully saturated rings. The van der Waals surface area contributed by atoms with Crippen molar-refractivity contribution in [2.45, 2.75) is 0 Å². The Balaban J connectivity index is 2.98. The summed E-state index contributed by atoms with van der Waals surface area (Å²) in [6, 6.07) is 7.86. The van der Waals surface area contributed by atoms with E-state index in [-0.39, 0.29) is 0 Å². The van der Waals surface area contributed by atoms with Crippen LogP contribution in [-0.4, -0.2) is 0 Å². The lowest BCUT2D eigenvalue weighted by Gasteiger charge is -1.82. The third kappa shape index (κ3) is 1.18. The molecule has 0 aliphatic carbocycles. The van der Waals surface area contributed by atoms with Gasteiger partial charge in [-0.05, 0) is 12.1 Å². The van der Waals surface area contributed by atoms with Crippen molar-refractivity contribution in [3.63, 3.8) is 0 Å². The van der Waals surface area contributed by atoms with Crippen LogP contribution in [0, 0.1) is 0 Å². The predicted octanol–water partition coefficient (Wildman–Crippen LogP) is 1.81. The van der Waals surface area contributed by atoms with Crippen molar-refractivity contribution in [1.29, 1.82) is 0 Å². The van der Waals surface area contributed by atoms with E-state index in [9.17, 15) is 0 Å². The van der Waals surface area contributed by atoms with Gasteiger partial charge in [-0.25, -0.2) is 0 Å². The van der Waals surface area contributed by atoms with Crippen LogP contribution in [0.2, 0.25) is 0 Å². The van der Waals surface area contributed by atoms with Crippen LogP contribution in [0.15, 0.2) is 41.3 Å². The van der Waals surface area contributed by atoms with Gasteiger partial charge >= 0.3 is 0 Å². The first kappa shape index (κ1) is 7.87. The molecule has 0 spiro atoms. The molecule has 0 atom stereocenters. The minimum Gasteiger partial charge on any atom is -0.456 e. The molecule has 1 nitrogen and oxygen atoms in total. The highest BCUT2D eigenvalue weighted by molar-refractivity contribution is 5.78. The molecule has 0 saturated heterocycles. The van der Waals surface area contributed by atoms with Crippen molar-refractivity contribution >= 4 is 23.6 Å².